The van der Waals surface area contributed by atoms with Gasteiger partial charge in [-0.1, -0.05) is 24.3 Å². The molecule has 2 heterocycles. The number of rotatable bonds is 3. The highest BCUT2D eigenvalue weighted by Gasteiger charge is 2.26. The average molecular weight is 268 g/mol. The number of aryl methyl sites for hydroxylation is 1. The molecule has 1 aromatic heterocycles. The lowest BCUT2D eigenvalue weighted by Crippen LogP contribution is -2.46. The van der Waals surface area contributed by atoms with Gasteiger partial charge in [-0.05, 0) is 43.7 Å². The number of hydrogen-bond acceptors (Lipinski definition) is 4. The zero-order chi connectivity index (χ0) is 13.9. The molecule has 1 atom stereocenters. The predicted octanol–water partition coefficient (Wildman–Crippen LogP) is 1.94. The van der Waals surface area contributed by atoms with E-state index < -0.39 is 0 Å². The van der Waals surface area contributed by atoms with E-state index in [1.807, 2.05) is 20.0 Å². The summed E-state index contributed by atoms with van der Waals surface area (Å²) in [5.74, 6) is 0.963. The van der Waals surface area contributed by atoms with Crippen LogP contribution in [0.5, 0.6) is 0 Å². The number of nitrogens with zero attached hydrogens (tertiary/aromatic N) is 3. The summed E-state index contributed by atoms with van der Waals surface area (Å²) in [6.45, 7) is 3.82. The Balaban J connectivity index is 1.93. The molecular formula is C16H20N4. The molecule has 4 heteroatoms. The normalized spacial score (nSPS) is 17.9. The number of anilines is 1. The maximum atomic E-state index is 4.36. The summed E-state index contributed by atoms with van der Waals surface area (Å²) in [6.07, 6.45) is 1.05. The highest BCUT2D eigenvalue weighted by molar-refractivity contribution is 5.45. The molecule has 4 nitrogen and oxygen atoms in total. The van der Waals surface area contributed by atoms with Crippen LogP contribution in [0.15, 0.2) is 36.4 Å². The van der Waals surface area contributed by atoms with Crippen LogP contribution in [-0.4, -0.2) is 29.8 Å². The van der Waals surface area contributed by atoms with Crippen molar-refractivity contribution in [3.8, 4) is 0 Å². The van der Waals surface area contributed by atoms with Crippen LogP contribution in [0.3, 0.4) is 0 Å². The minimum atomic E-state index is 0.423. The zero-order valence-electron chi connectivity index (χ0n) is 12.0. The van der Waals surface area contributed by atoms with Crippen LogP contribution >= 0.6 is 0 Å². The van der Waals surface area contributed by atoms with Crippen molar-refractivity contribution in [3.63, 3.8) is 0 Å². The van der Waals surface area contributed by atoms with Gasteiger partial charge >= 0.3 is 0 Å². The van der Waals surface area contributed by atoms with Gasteiger partial charge in [0.15, 0.2) is 5.82 Å². The van der Waals surface area contributed by atoms with Gasteiger partial charge in [0.25, 0.3) is 0 Å². The van der Waals surface area contributed by atoms with Crippen molar-refractivity contribution < 1.29 is 0 Å². The smallest absolute Gasteiger partial charge is 0.151 e. The second-order valence-corrected chi connectivity index (χ2v) is 5.35. The number of benzene rings is 1. The molecule has 0 radical (unpaired) electrons. The molecule has 20 heavy (non-hydrogen) atoms. The predicted molar refractivity (Wildman–Crippen MR) is 80.8 cm³/mol. The maximum Gasteiger partial charge on any atom is 0.151 e. The van der Waals surface area contributed by atoms with E-state index in [9.17, 15) is 0 Å². The van der Waals surface area contributed by atoms with Gasteiger partial charge in [0.05, 0.1) is 5.69 Å². The van der Waals surface area contributed by atoms with E-state index in [-0.39, 0.29) is 0 Å². The Morgan fingerprint density at radius 1 is 1.15 bits per heavy atom. The summed E-state index contributed by atoms with van der Waals surface area (Å²) in [7, 11) is 2.00. The molecule has 0 saturated carbocycles. The molecule has 0 spiro atoms. The topological polar surface area (TPSA) is 41.0 Å². The minimum Gasteiger partial charge on any atom is -0.346 e. The maximum absolute atomic E-state index is 4.36. The van der Waals surface area contributed by atoms with Crippen molar-refractivity contribution in [2.24, 2.45) is 0 Å². The lowest BCUT2D eigenvalue weighted by atomic mass is 9.94. The van der Waals surface area contributed by atoms with Crippen LogP contribution in [0.2, 0.25) is 0 Å². The van der Waals surface area contributed by atoms with Crippen molar-refractivity contribution in [2.45, 2.75) is 25.9 Å². The van der Waals surface area contributed by atoms with Crippen molar-refractivity contribution in [2.75, 3.05) is 18.5 Å². The largest absolute Gasteiger partial charge is 0.346 e. The van der Waals surface area contributed by atoms with Gasteiger partial charge in [-0.3, -0.25) is 0 Å². The summed E-state index contributed by atoms with van der Waals surface area (Å²) in [4.78, 5) is 2.35. The fourth-order valence-corrected chi connectivity index (χ4v) is 2.82. The average Bonchev–Trinajstić information content (AvgIpc) is 2.48. The van der Waals surface area contributed by atoms with E-state index in [1.54, 1.807) is 0 Å². The summed E-state index contributed by atoms with van der Waals surface area (Å²) in [5, 5.41) is 11.8. The fraction of sp³-hybridized carbons (Fsp3) is 0.375. The van der Waals surface area contributed by atoms with Gasteiger partial charge in [-0.25, -0.2) is 0 Å². The molecule has 0 fully saturated rings. The van der Waals surface area contributed by atoms with Crippen LogP contribution < -0.4 is 10.2 Å². The van der Waals surface area contributed by atoms with E-state index in [0.717, 1.165) is 31.0 Å². The number of aromatic nitrogens is 2. The molecule has 1 N–H and O–H groups in total. The molecule has 3 rings (SSSR count). The number of likely N-dealkylation sites (N-methyl/N-ethyl adjacent to an activating group) is 1. The molecule has 1 aliphatic heterocycles. The van der Waals surface area contributed by atoms with Gasteiger partial charge in [0, 0.05) is 19.1 Å². The van der Waals surface area contributed by atoms with Crippen LogP contribution in [0.4, 0.5) is 5.82 Å². The van der Waals surface area contributed by atoms with Crippen molar-refractivity contribution in [1.29, 1.82) is 0 Å². The van der Waals surface area contributed by atoms with Crippen LogP contribution in [0, 0.1) is 6.92 Å². The van der Waals surface area contributed by atoms with Gasteiger partial charge in [0.1, 0.15) is 0 Å². The molecule has 2 aromatic rings. The molecule has 1 unspecified atom stereocenters. The quantitative estimate of drug-likeness (QED) is 0.923. The standard InChI is InChI=1S/C16H20N4/c1-12-7-8-16(19-18-12)20-11-14-6-4-3-5-13(14)9-15(20)10-17-2/h3-8,15,17H,9-11H2,1-2H3. The van der Waals surface area contributed by atoms with Gasteiger partial charge in [-0.15, -0.1) is 5.10 Å². The third kappa shape index (κ3) is 2.51. The Hall–Kier alpha value is -1.94. The van der Waals surface area contributed by atoms with Crippen molar-refractivity contribution in [3.05, 3.63) is 53.2 Å². The Kier molecular flexibility index (Phi) is 3.65. The summed E-state index contributed by atoms with van der Waals surface area (Å²) in [5.41, 5.74) is 3.79. The summed E-state index contributed by atoms with van der Waals surface area (Å²) >= 11 is 0. The molecule has 1 aliphatic rings. The molecule has 0 aliphatic carbocycles. The van der Waals surface area contributed by atoms with Crippen LogP contribution in [-0.2, 0) is 13.0 Å². The first-order chi connectivity index (χ1) is 9.78. The number of hydrogen-bond donors (Lipinski definition) is 1. The Morgan fingerprint density at radius 2 is 1.95 bits per heavy atom. The molecule has 0 saturated heterocycles. The zero-order valence-corrected chi connectivity index (χ0v) is 12.0. The summed E-state index contributed by atoms with van der Waals surface area (Å²) < 4.78 is 0. The van der Waals surface area contributed by atoms with Gasteiger partial charge in [0.2, 0.25) is 0 Å². The number of fused-ring (bicyclic) bond motifs is 1. The van der Waals surface area contributed by atoms with Crippen molar-refractivity contribution in [1.82, 2.24) is 15.5 Å². The highest BCUT2D eigenvalue weighted by atomic mass is 15.3. The van der Waals surface area contributed by atoms with E-state index >= 15 is 0 Å². The first kappa shape index (κ1) is 13.1. The molecule has 0 amide bonds. The molecule has 104 valence electrons. The van der Waals surface area contributed by atoms with E-state index in [1.165, 1.54) is 11.1 Å². The minimum absolute atomic E-state index is 0.423. The first-order valence-electron chi connectivity index (χ1n) is 7.06. The van der Waals surface area contributed by atoms with Gasteiger partial charge < -0.3 is 10.2 Å². The van der Waals surface area contributed by atoms with E-state index in [4.69, 9.17) is 0 Å². The summed E-state index contributed by atoms with van der Waals surface area (Å²) in [6, 6.07) is 13.2. The van der Waals surface area contributed by atoms with E-state index in [2.05, 4.69) is 50.7 Å². The van der Waals surface area contributed by atoms with Gasteiger partial charge in [-0.2, -0.15) is 5.10 Å². The SMILES string of the molecule is CNCC1Cc2ccccc2CN1c1ccc(C)nn1. The second-order valence-electron chi connectivity index (χ2n) is 5.35. The highest BCUT2D eigenvalue weighted by Crippen LogP contribution is 2.26. The van der Waals surface area contributed by atoms with E-state index in [0.29, 0.717) is 6.04 Å². The van der Waals surface area contributed by atoms with Crippen LogP contribution in [0.1, 0.15) is 16.8 Å². The number of nitrogens with one attached hydrogen (secondary N) is 1. The Morgan fingerprint density at radius 3 is 2.65 bits per heavy atom. The third-order valence-corrected chi connectivity index (χ3v) is 3.87. The molecular weight excluding hydrogens is 248 g/mol. The lowest BCUT2D eigenvalue weighted by molar-refractivity contribution is 0.521. The molecule has 1 aromatic carbocycles. The Bertz CT molecular complexity index is 579. The van der Waals surface area contributed by atoms with Crippen LogP contribution in [0.25, 0.3) is 0 Å². The third-order valence-electron chi connectivity index (χ3n) is 3.87. The van der Waals surface area contributed by atoms with Crippen molar-refractivity contribution >= 4 is 5.82 Å². The monoisotopic (exact) mass is 268 g/mol. The first-order valence-corrected chi connectivity index (χ1v) is 7.06. The lowest BCUT2D eigenvalue weighted by Gasteiger charge is -2.37. The Labute approximate surface area is 119 Å². The second kappa shape index (κ2) is 5.59. The fourth-order valence-electron chi connectivity index (χ4n) is 2.82. The molecule has 0 bridgehead atoms.